The van der Waals surface area contributed by atoms with E-state index in [1.54, 1.807) is 16.8 Å². The number of hydrogen-bond acceptors (Lipinski definition) is 4. The molecule has 1 N–H and O–H groups in total. The topological polar surface area (TPSA) is 69.0 Å². The Morgan fingerprint density at radius 1 is 1.16 bits per heavy atom. The molecule has 0 radical (unpaired) electrons. The van der Waals surface area contributed by atoms with Gasteiger partial charge < -0.3 is 10.1 Å². The Balaban J connectivity index is 1.84. The molecule has 7 heteroatoms. The number of hydrogen-bond donors (Lipinski definition) is 1. The second-order valence-electron chi connectivity index (χ2n) is 7.36. The summed E-state index contributed by atoms with van der Waals surface area (Å²) < 4.78 is 20.8. The second kappa shape index (κ2) is 10.7. The van der Waals surface area contributed by atoms with E-state index in [1.807, 2.05) is 38.1 Å². The molecule has 3 rings (SSSR count). The Labute approximate surface area is 182 Å². The number of amides is 1. The van der Waals surface area contributed by atoms with Gasteiger partial charge in [0.25, 0.3) is 0 Å². The minimum absolute atomic E-state index is 0.0169. The van der Waals surface area contributed by atoms with Crippen LogP contribution in [0.4, 0.5) is 10.1 Å². The maximum atomic E-state index is 13.8. The number of anilines is 1. The van der Waals surface area contributed by atoms with Crippen LogP contribution in [-0.2, 0) is 4.79 Å². The van der Waals surface area contributed by atoms with Gasteiger partial charge >= 0.3 is 6.01 Å². The Kier molecular flexibility index (Phi) is 7.76. The van der Waals surface area contributed by atoms with Gasteiger partial charge in [0.1, 0.15) is 5.82 Å². The molecule has 0 spiro atoms. The van der Waals surface area contributed by atoms with Crippen molar-refractivity contribution in [1.29, 1.82) is 0 Å². The van der Waals surface area contributed by atoms with Crippen LogP contribution in [0.2, 0.25) is 0 Å². The van der Waals surface area contributed by atoms with Gasteiger partial charge in [0.2, 0.25) is 5.91 Å². The minimum atomic E-state index is -0.350. The second-order valence-corrected chi connectivity index (χ2v) is 7.36. The predicted molar refractivity (Wildman–Crippen MR) is 120 cm³/mol. The van der Waals surface area contributed by atoms with E-state index in [1.165, 1.54) is 12.1 Å². The van der Waals surface area contributed by atoms with E-state index in [0.29, 0.717) is 18.0 Å². The summed E-state index contributed by atoms with van der Waals surface area (Å²) in [5.74, 6) is 0.189. The molecule has 1 aromatic heterocycles. The maximum Gasteiger partial charge on any atom is 0.336 e. The fraction of sp³-hybridized carbons (Fsp3) is 0.375. The lowest BCUT2D eigenvalue weighted by Gasteiger charge is -2.15. The Morgan fingerprint density at radius 3 is 2.58 bits per heavy atom. The van der Waals surface area contributed by atoms with E-state index < -0.39 is 0 Å². The molecule has 1 atom stereocenters. The van der Waals surface area contributed by atoms with Gasteiger partial charge in [0.05, 0.1) is 12.3 Å². The Bertz CT molecular complexity index is 1000. The molecule has 0 bridgehead atoms. The first-order chi connectivity index (χ1) is 15.0. The molecular weight excluding hydrogens is 395 g/mol. The van der Waals surface area contributed by atoms with Gasteiger partial charge in [-0.05, 0) is 56.2 Å². The van der Waals surface area contributed by atoms with Gasteiger partial charge in [0, 0.05) is 17.2 Å². The highest BCUT2D eigenvalue weighted by molar-refractivity contribution is 5.92. The molecule has 6 nitrogen and oxygen atoms in total. The summed E-state index contributed by atoms with van der Waals surface area (Å²) in [6.07, 6.45) is 3.84. The summed E-state index contributed by atoms with van der Waals surface area (Å²) in [6.45, 7) is 6.44. The van der Waals surface area contributed by atoms with E-state index in [9.17, 15) is 9.18 Å². The van der Waals surface area contributed by atoms with Crippen LogP contribution in [0, 0.1) is 11.7 Å². The Morgan fingerprint density at radius 2 is 1.94 bits per heavy atom. The summed E-state index contributed by atoms with van der Waals surface area (Å²) in [5, 5.41) is 7.42. The highest BCUT2D eigenvalue weighted by atomic mass is 19.1. The summed E-state index contributed by atoms with van der Waals surface area (Å²) in [7, 11) is 0. The monoisotopic (exact) mass is 424 g/mol. The molecule has 1 heterocycles. The lowest BCUT2D eigenvalue weighted by atomic mass is 9.98. The molecule has 3 aromatic rings. The highest BCUT2D eigenvalue weighted by Crippen LogP contribution is 2.25. The number of rotatable bonds is 10. The molecule has 0 aliphatic heterocycles. The average Bonchev–Trinajstić information content (AvgIpc) is 3.19. The van der Waals surface area contributed by atoms with Crippen molar-refractivity contribution in [1.82, 2.24) is 14.8 Å². The molecule has 0 aliphatic carbocycles. The van der Waals surface area contributed by atoms with Crippen LogP contribution in [0.25, 0.3) is 17.1 Å². The summed E-state index contributed by atoms with van der Waals surface area (Å²) in [5.41, 5.74) is 2.05. The van der Waals surface area contributed by atoms with Crippen LogP contribution in [0.15, 0.2) is 48.5 Å². The van der Waals surface area contributed by atoms with Crippen LogP contribution in [-0.4, -0.2) is 27.3 Å². The SMILES string of the molecule is CCCC[C@@H](CC)C(=O)Nc1ccc(-n2nc(OCC)nc2-c2cccc(F)c2)cc1. The molecule has 31 heavy (non-hydrogen) atoms. The zero-order valence-corrected chi connectivity index (χ0v) is 18.3. The van der Waals surface area contributed by atoms with E-state index >= 15 is 0 Å². The molecule has 2 aromatic carbocycles. The van der Waals surface area contributed by atoms with Crippen molar-refractivity contribution in [2.24, 2.45) is 5.92 Å². The molecule has 164 valence electrons. The third-order valence-corrected chi connectivity index (χ3v) is 5.09. The fourth-order valence-corrected chi connectivity index (χ4v) is 3.38. The molecule has 0 saturated heterocycles. The van der Waals surface area contributed by atoms with Crippen molar-refractivity contribution in [2.75, 3.05) is 11.9 Å². The van der Waals surface area contributed by atoms with Gasteiger partial charge in [-0.15, -0.1) is 5.10 Å². The van der Waals surface area contributed by atoms with Gasteiger partial charge in [-0.25, -0.2) is 9.07 Å². The summed E-state index contributed by atoms with van der Waals surface area (Å²) in [4.78, 5) is 17.0. The summed E-state index contributed by atoms with van der Waals surface area (Å²) in [6, 6.07) is 13.8. The van der Waals surface area contributed by atoms with E-state index in [0.717, 1.165) is 37.1 Å². The van der Waals surface area contributed by atoms with Crippen molar-refractivity contribution in [3.05, 3.63) is 54.3 Å². The van der Waals surface area contributed by atoms with Gasteiger partial charge in [-0.3, -0.25) is 4.79 Å². The minimum Gasteiger partial charge on any atom is -0.463 e. The number of benzene rings is 2. The highest BCUT2D eigenvalue weighted by Gasteiger charge is 2.17. The van der Waals surface area contributed by atoms with Crippen LogP contribution < -0.4 is 10.1 Å². The molecule has 0 unspecified atom stereocenters. The number of aromatic nitrogens is 3. The number of nitrogens with one attached hydrogen (secondary N) is 1. The summed E-state index contributed by atoms with van der Waals surface area (Å²) >= 11 is 0. The number of nitrogens with zero attached hydrogens (tertiary/aromatic N) is 3. The van der Waals surface area contributed by atoms with E-state index in [-0.39, 0.29) is 23.7 Å². The molecule has 1 amide bonds. The van der Waals surface area contributed by atoms with Crippen molar-refractivity contribution in [3.63, 3.8) is 0 Å². The van der Waals surface area contributed by atoms with Crippen LogP contribution >= 0.6 is 0 Å². The maximum absolute atomic E-state index is 13.8. The van der Waals surface area contributed by atoms with Gasteiger partial charge in [-0.2, -0.15) is 4.98 Å². The predicted octanol–water partition coefficient (Wildman–Crippen LogP) is 5.63. The van der Waals surface area contributed by atoms with Crippen LogP contribution in [0.5, 0.6) is 6.01 Å². The van der Waals surface area contributed by atoms with E-state index in [4.69, 9.17) is 4.74 Å². The quantitative estimate of drug-likeness (QED) is 0.458. The van der Waals surface area contributed by atoms with Crippen molar-refractivity contribution >= 4 is 11.6 Å². The van der Waals surface area contributed by atoms with Gasteiger partial charge in [-0.1, -0.05) is 38.8 Å². The third kappa shape index (κ3) is 5.69. The standard InChI is InChI=1S/C24H29FN4O2/c1-4-7-9-17(5-2)23(30)26-20-12-14-21(15-13-20)29-22(27-24(28-29)31-6-3)18-10-8-11-19(25)16-18/h8,10-17H,4-7,9H2,1-3H3,(H,26,30)/t17-/m1/s1. The zero-order chi connectivity index (χ0) is 22.2. The van der Waals surface area contributed by atoms with Crippen molar-refractivity contribution in [2.45, 2.75) is 46.5 Å². The average molecular weight is 425 g/mol. The lowest BCUT2D eigenvalue weighted by Crippen LogP contribution is -2.22. The molecule has 0 saturated carbocycles. The molecule has 0 aliphatic rings. The number of unbranched alkanes of at least 4 members (excludes halogenated alkanes) is 1. The first kappa shape index (κ1) is 22.5. The lowest BCUT2D eigenvalue weighted by molar-refractivity contribution is -0.120. The largest absolute Gasteiger partial charge is 0.463 e. The number of ether oxygens (including phenoxy) is 1. The van der Waals surface area contributed by atoms with Crippen LogP contribution in [0.3, 0.4) is 0 Å². The van der Waals surface area contributed by atoms with E-state index in [2.05, 4.69) is 22.3 Å². The first-order valence-electron chi connectivity index (χ1n) is 10.8. The fourth-order valence-electron chi connectivity index (χ4n) is 3.38. The first-order valence-corrected chi connectivity index (χ1v) is 10.8. The smallest absolute Gasteiger partial charge is 0.336 e. The zero-order valence-electron chi connectivity index (χ0n) is 18.3. The number of carbonyl (C=O) groups excluding carboxylic acids is 1. The van der Waals surface area contributed by atoms with Crippen molar-refractivity contribution < 1.29 is 13.9 Å². The normalized spacial score (nSPS) is 11.9. The Hall–Kier alpha value is -3.22. The number of carbonyl (C=O) groups is 1. The van der Waals surface area contributed by atoms with Crippen molar-refractivity contribution in [3.8, 4) is 23.1 Å². The van der Waals surface area contributed by atoms with Gasteiger partial charge in [0.15, 0.2) is 5.82 Å². The molecule has 0 fully saturated rings. The molecular formula is C24H29FN4O2. The van der Waals surface area contributed by atoms with Crippen LogP contribution in [0.1, 0.15) is 46.5 Å². The third-order valence-electron chi connectivity index (χ3n) is 5.09. The number of halogens is 1.